The molecule has 6 heteroatoms. The molecule has 0 spiro atoms. The fraction of sp³-hybridized carbons (Fsp3) is 0.450. The number of sulfonamides is 1. The Morgan fingerprint density at radius 3 is 2.46 bits per heavy atom. The third-order valence-corrected chi connectivity index (χ3v) is 6.09. The second-order valence-corrected chi connectivity index (χ2v) is 8.76. The van der Waals surface area contributed by atoms with E-state index in [4.69, 9.17) is 0 Å². The van der Waals surface area contributed by atoms with Gasteiger partial charge in [-0.25, -0.2) is 13.4 Å². The van der Waals surface area contributed by atoms with Gasteiger partial charge in [0.15, 0.2) is 0 Å². The summed E-state index contributed by atoms with van der Waals surface area (Å²) in [5.41, 5.74) is 1.67. The lowest BCUT2D eigenvalue weighted by Crippen LogP contribution is -2.22. The average molecular weight is 374 g/mol. The van der Waals surface area contributed by atoms with Gasteiger partial charge in [-0.1, -0.05) is 49.6 Å². The molecule has 0 amide bonds. The normalized spacial score (nSPS) is 15.5. The molecule has 1 aliphatic rings. The van der Waals surface area contributed by atoms with E-state index in [1.54, 1.807) is 12.3 Å². The van der Waals surface area contributed by atoms with Crippen LogP contribution in [0.4, 0.5) is 11.5 Å². The number of aromatic nitrogens is 1. The van der Waals surface area contributed by atoms with Crippen LogP contribution in [0.3, 0.4) is 0 Å². The zero-order valence-electron chi connectivity index (χ0n) is 15.0. The van der Waals surface area contributed by atoms with Crippen LogP contribution in [-0.2, 0) is 16.4 Å². The Kier molecular flexibility index (Phi) is 6.50. The summed E-state index contributed by atoms with van der Waals surface area (Å²) in [5.74, 6) is 0.910. The molecule has 0 bridgehead atoms. The van der Waals surface area contributed by atoms with E-state index >= 15 is 0 Å². The van der Waals surface area contributed by atoms with E-state index < -0.39 is 10.0 Å². The second-order valence-electron chi connectivity index (χ2n) is 6.92. The number of anilines is 2. The van der Waals surface area contributed by atoms with E-state index in [2.05, 4.69) is 15.0 Å². The lowest BCUT2D eigenvalue weighted by atomic mass is 9.95. The largest absolute Gasteiger partial charge is 0.367 e. The summed E-state index contributed by atoms with van der Waals surface area (Å²) in [6.45, 7) is 0. The van der Waals surface area contributed by atoms with Crippen molar-refractivity contribution < 1.29 is 8.42 Å². The highest BCUT2D eigenvalue weighted by molar-refractivity contribution is 7.92. The summed E-state index contributed by atoms with van der Waals surface area (Å²) in [6, 6.07) is 14.0. The smallest absolute Gasteiger partial charge is 0.232 e. The van der Waals surface area contributed by atoms with Crippen LogP contribution in [0.1, 0.15) is 44.1 Å². The van der Waals surface area contributed by atoms with Crippen molar-refractivity contribution in [2.45, 2.75) is 51.0 Å². The minimum Gasteiger partial charge on any atom is -0.367 e. The molecule has 140 valence electrons. The van der Waals surface area contributed by atoms with E-state index in [0.717, 1.165) is 17.8 Å². The van der Waals surface area contributed by atoms with Gasteiger partial charge >= 0.3 is 0 Å². The number of nitrogens with one attached hydrogen (secondary N) is 2. The van der Waals surface area contributed by atoms with Crippen molar-refractivity contribution in [3.63, 3.8) is 0 Å². The molecule has 1 aliphatic carbocycles. The molecule has 0 unspecified atom stereocenters. The van der Waals surface area contributed by atoms with Gasteiger partial charge in [0.1, 0.15) is 5.82 Å². The summed E-state index contributed by atoms with van der Waals surface area (Å²) in [6.07, 6.45) is 9.13. The standard InChI is InChI=1S/C20H27N3O2S/c24-26(25,15-7-10-17-8-3-1-4-9-17)23-19-13-14-20(21-16-19)22-18-11-5-2-6-12-18/h1,3-4,8-9,13-14,16,18,23H,2,5-7,10-12,15H2,(H,21,22). The maximum Gasteiger partial charge on any atom is 0.232 e. The molecule has 1 aromatic heterocycles. The maximum atomic E-state index is 12.2. The van der Waals surface area contributed by atoms with Gasteiger partial charge in [-0.3, -0.25) is 4.72 Å². The Bertz CT molecular complexity index is 770. The number of pyridine rings is 1. The molecule has 0 radical (unpaired) electrons. The maximum absolute atomic E-state index is 12.2. The molecule has 0 atom stereocenters. The number of rotatable bonds is 8. The van der Waals surface area contributed by atoms with Crippen molar-refractivity contribution >= 4 is 21.5 Å². The Balaban J connectivity index is 1.47. The summed E-state index contributed by atoms with van der Waals surface area (Å²) in [5, 5.41) is 3.44. The molecular weight excluding hydrogens is 346 g/mol. The van der Waals surface area contributed by atoms with Crippen LogP contribution in [0.2, 0.25) is 0 Å². The first kappa shape index (κ1) is 18.7. The Morgan fingerprint density at radius 1 is 1.00 bits per heavy atom. The number of nitrogens with zero attached hydrogens (tertiary/aromatic N) is 1. The second kappa shape index (κ2) is 9.03. The zero-order valence-corrected chi connectivity index (χ0v) is 15.8. The fourth-order valence-corrected chi connectivity index (χ4v) is 4.44. The van der Waals surface area contributed by atoms with Crippen molar-refractivity contribution in [3.05, 3.63) is 54.2 Å². The van der Waals surface area contributed by atoms with Gasteiger partial charge in [0.05, 0.1) is 17.6 Å². The highest BCUT2D eigenvalue weighted by atomic mass is 32.2. The van der Waals surface area contributed by atoms with Crippen molar-refractivity contribution in [1.82, 2.24) is 4.98 Å². The van der Waals surface area contributed by atoms with E-state index in [1.165, 1.54) is 32.1 Å². The third kappa shape index (κ3) is 6.02. The molecule has 1 fully saturated rings. The molecule has 0 aliphatic heterocycles. The van der Waals surface area contributed by atoms with Gasteiger partial charge in [0, 0.05) is 6.04 Å². The van der Waals surface area contributed by atoms with Gasteiger partial charge in [-0.15, -0.1) is 0 Å². The summed E-state index contributed by atoms with van der Waals surface area (Å²) >= 11 is 0. The van der Waals surface area contributed by atoms with E-state index in [9.17, 15) is 8.42 Å². The van der Waals surface area contributed by atoms with E-state index in [0.29, 0.717) is 18.2 Å². The minimum absolute atomic E-state index is 0.101. The van der Waals surface area contributed by atoms with Crippen LogP contribution < -0.4 is 10.0 Å². The Hall–Kier alpha value is -2.08. The molecule has 2 N–H and O–H groups in total. The lowest BCUT2D eigenvalue weighted by Gasteiger charge is -2.23. The van der Waals surface area contributed by atoms with E-state index in [-0.39, 0.29) is 5.75 Å². The monoisotopic (exact) mass is 373 g/mol. The van der Waals surface area contributed by atoms with Crippen molar-refractivity contribution in [2.24, 2.45) is 0 Å². The van der Waals surface area contributed by atoms with Gasteiger partial charge in [0.25, 0.3) is 0 Å². The van der Waals surface area contributed by atoms with Gasteiger partial charge in [0.2, 0.25) is 10.0 Å². The molecule has 1 aromatic carbocycles. The first-order chi connectivity index (χ1) is 12.6. The van der Waals surface area contributed by atoms with Gasteiger partial charge in [-0.2, -0.15) is 0 Å². The van der Waals surface area contributed by atoms with Crippen molar-refractivity contribution in [1.29, 1.82) is 0 Å². The number of hydrogen-bond donors (Lipinski definition) is 2. The highest BCUT2D eigenvalue weighted by Crippen LogP contribution is 2.21. The number of aryl methyl sites for hydroxylation is 1. The summed E-state index contributed by atoms with van der Waals surface area (Å²) in [7, 11) is -3.36. The van der Waals surface area contributed by atoms with Crippen LogP contribution in [-0.4, -0.2) is 25.2 Å². The van der Waals surface area contributed by atoms with Crippen LogP contribution >= 0.6 is 0 Å². The molecule has 2 aromatic rings. The summed E-state index contributed by atoms with van der Waals surface area (Å²) in [4.78, 5) is 4.35. The Labute approximate surface area is 156 Å². The number of benzene rings is 1. The Morgan fingerprint density at radius 2 is 1.77 bits per heavy atom. The molecule has 5 nitrogen and oxygen atoms in total. The summed E-state index contributed by atoms with van der Waals surface area (Å²) < 4.78 is 27.1. The van der Waals surface area contributed by atoms with Crippen LogP contribution in [0.25, 0.3) is 0 Å². The van der Waals surface area contributed by atoms with Crippen LogP contribution in [0.5, 0.6) is 0 Å². The lowest BCUT2D eigenvalue weighted by molar-refractivity contribution is 0.462. The molecule has 26 heavy (non-hydrogen) atoms. The predicted octanol–water partition coefficient (Wildman–Crippen LogP) is 4.20. The van der Waals surface area contributed by atoms with E-state index in [1.807, 2.05) is 36.4 Å². The van der Waals surface area contributed by atoms with Crippen LogP contribution in [0, 0.1) is 0 Å². The average Bonchev–Trinajstić information content (AvgIpc) is 2.65. The topological polar surface area (TPSA) is 71.1 Å². The highest BCUT2D eigenvalue weighted by Gasteiger charge is 2.14. The first-order valence-corrected chi connectivity index (χ1v) is 11.0. The van der Waals surface area contributed by atoms with Crippen molar-refractivity contribution in [2.75, 3.05) is 15.8 Å². The van der Waals surface area contributed by atoms with Crippen molar-refractivity contribution in [3.8, 4) is 0 Å². The predicted molar refractivity (Wildman–Crippen MR) is 107 cm³/mol. The molecule has 1 heterocycles. The zero-order chi connectivity index (χ0) is 18.2. The fourth-order valence-electron chi connectivity index (χ4n) is 3.34. The molecule has 3 rings (SSSR count). The minimum atomic E-state index is -3.36. The van der Waals surface area contributed by atoms with Gasteiger partial charge < -0.3 is 5.32 Å². The van der Waals surface area contributed by atoms with Crippen LogP contribution in [0.15, 0.2) is 48.7 Å². The van der Waals surface area contributed by atoms with Gasteiger partial charge in [-0.05, 0) is 43.4 Å². The first-order valence-electron chi connectivity index (χ1n) is 9.38. The molecule has 1 saturated carbocycles. The number of hydrogen-bond acceptors (Lipinski definition) is 4. The quantitative estimate of drug-likeness (QED) is 0.727. The molecule has 0 saturated heterocycles. The SMILES string of the molecule is O=S(=O)(CCCc1ccccc1)Nc1ccc(NC2CCCCC2)nc1. The third-order valence-electron chi connectivity index (χ3n) is 4.72. The molecular formula is C20H27N3O2S.